The molecule has 0 spiro atoms. The maximum Gasteiger partial charge on any atom is 0.275 e. The number of imide groups is 1. The van der Waals surface area contributed by atoms with Crippen LogP contribution in [0.15, 0.2) is 36.4 Å². The number of hydrogen-bond acceptors (Lipinski definition) is 4. The first-order valence-electron chi connectivity index (χ1n) is 12.8. The number of nitrogens with one attached hydrogen (secondary N) is 1. The van der Waals surface area contributed by atoms with Crippen LogP contribution in [0.1, 0.15) is 96.2 Å². The summed E-state index contributed by atoms with van der Waals surface area (Å²) in [4.78, 5) is 27.8. The summed E-state index contributed by atoms with van der Waals surface area (Å²) in [5, 5.41) is 1.29. The van der Waals surface area contributed by atoms with E-state index in [1.54, 1.807) is 13.2 Å². The normalized spacial score (nSPS) is 15.1. The van der Waals surface area contributed by atoms with E-state index >= 15 is 0 Å². The standard InChI is InChI=1S/C29H40N2O3/c1-6-12-26(22-13-9-8-10-14-22)30-31(28(32)23-18-20(3)17-21(4)19-23)29(33)25-15-11-16-27(34-5)24(25)7-2/h11,15-19,22,26,30H,6-10,12-14H2,1-5H3/t26-/m1/s1. The van der Waals surface area contributed by atoms with E-state index in [4.69, 9.17) is 4.74 Å². The monoisotopic (exact) mass is 464 g/mol. The van der Waals surface area contributed by atoms with E-state index < -0.39 is 0 Å². The summed E-state index contributed by atoms with van der Waals surface area (Å²) in [7, 11) is 1.61. The van der Waals surface area contributed by atoms with Crippen LogP contribution in [0.2, 0.25) is 0 Å². The number of amides is 2. The molecule has 5 heteroatoms. The molecule has 184 valence electrons. The van der Waals surface area contributed by atoms with E-state index in [0.717, 1.165) is 42.4 Å². The molecule has 0 aromatic heterocycles. The number of aryl methyl sites for hydroxylation is 2. The SMILES string of the molecule is CCC[C@@H](NN(C(=O)c1cc(C)cc(C)c1)C(=O)c1cccc(OC)c1CC)C1CCCCC1. The highest BCUT2D eigenvalue weighted by molar-refractivity contribution is 6.10. The van der Waals surface area contributed by atoms with E-state index in [1.165, 1.54) is 24.3 Å². The summed E-state index contributed by atoms with van der Waals surface area (Å²) < 4.78 is 5.52. The third kappa shape index (κ3) is 6.06. The van der Waals surface area contributed by atoms with E-state index in [1.807, 2.05) is 51.1 Å². The number of carbonyl (C=O) groups is 2. The van der Waals surface area contributed by atoms with Crippen LogP contribution in [0.5, 0.6) is 5.75 Å². The van der Waals surface area contributed by atoms with Crippen LogP contribution >= 0.6 is 0 Å². The first-order valence-corrected chi connectivity index (χ1v) is 12.8. The van der Waals surface area contributed by atoms with E-state index in [9.17, 15) is 9.59 Å². The van der Waals surface area contributed by atoms with Gasteiger partial charge < -0.3 is 4.74 Å². The molecule has 34 heavy (non-hydrogen) atoms. The maximum absolute atomic E-state index is 14.0. The number of benzene rings is 2. The van der Waals surface area contributed by atoms with E-state index in [-0.39, 0.29) is 17.9 Å². The van der Waals surface area contributed by atoms with Gasteiger partial charge in [0.05, 0.1) is 7.11 Å². The largest absolute Gasteiger partial charge is 0.496 e. The number of rotatable bonds is 9. The van der Waals surface area contributed by atoms with Gasteiger partial charge >= 0.3 is 0 Å². The quantitative estimate of drug-likeness (QED) is 0.344. The second-order valence-electron chi connectivity index (χ2n) is 9.58. The Balaban J connectivity index is 2.03. The topological polar surface area (TPSA) is 58.6 Å². The molecule has 5 nitrogen and oxygen atoms in total. The van der Waals surface area contributed by atoms with Gasteiger partial charge in [0, 0.05) is 22.7 Å². The van der Waals surface area contributed by atoms with Gasteiger partial charge in [-0.1, -0.05) is 62.8 Å². The van der Waals surface area contributed by atoms with Crippen LogP contribution in [-0.4, -0.2) is 30.0 Å². The molecule has 2 aromatic carbocycles. The lowest BCUT2D eigenvalue weighted by Gasteiger charge is -2.35. The summed E-state index contributed by atoms with van der Waals surface area (Å²) in [6, 6.07) is 11.3. The molecule has 0 unspecified atom stereocenters. The van der Waals surface area contributed by atoms with Gasteiger partial charge in [-0.2, -0.15) is 0 Å². The van der Waals surface area contributed by atoms with Crippen molar-refractivity contribution in [3.63, 3.8) is 0 Å². The van der Waals surface area contributed by atoms with Crippen LogP contribution in [0.3, 0.4) is 0 Å². The first-order chi connectivity index (χ1) is 16.4. The molecule has 1 aliphatic rings. The molecule has 2 aromatic rings. The Kier molecular flexibility index (Phi) is 9.28. The van der Waals surface area contributed by atoms with Crippen molar-refractivity contribution in [2.24, 2.45) is 5.92 Å². The molecule has 0 saturated heterocycles. The summed E-state index contributed by atoms with van der Waals surface area (Å²) in [5.41, 5.74) is 7.30. The molecule has 1 fully saturated rings. The van der Waals surface area contributed by atoms with Gasteiger partial charge in [0.2, 0.25) is 0 Å². The van der Waals surface area contributed by atoms with Gasteiger partial charge in [-0.05, 0) is 69.7 Å². The van der Waals surface area contributed by atoms with Crippen molar-refractivity contribution >= 4 is 11.8 Å². The molecule has 1 atom stereocenters. The van der Waals surface area contributed by atoms with E-state index in [2.05, 4.69) is 12.3 Å². The molecule has 2 amide bonds. The van der Waals surface area contributed by atoms with Gasteiger partial charge in [0.25, 0.3) is 11.8 Å². The Hall–Kier alpha value is -2.66. The minimum atomic E-state index is -0.322. The maximum atomic E-state index is 14.0. The number of hydrogen-bond donors (Lipinski definition) is 1. The molecule has 0 aliphatic heterocycles. The van der Waals surface area contributed by atoms with Crippen molar-refractivity contribution in [2.45, 2.75) is 85.1 Å². The summed E-state index contributed by atoms with van der Waals surface area (Å²) in [5.74, 6) is 0.506. The number of methoxy groups -OCH3 is 1. The van der Waals surface area contributed by atoms with Crippen molar-refractivity contribution in [2.75, 3.05) is 7.11 Å². The Morgan fingerprint density at radius 1 is 1.03 bits per heavy atom. The Morgan fingerprint density at radius 2 is 1.71 bits per heavy atom. The fraction of sp³-hybridized carbons (Fsp3) is 0.517. The van der Waals surface area contributed by atoms with Gasteiger partial charge in [-0.25, -0.2) is 10.4 Å². The minimum absolute atomic E-state index is 0.0831. The zero-order valence-electron chi connectivity index (χ0n) is 21.4. The lowest BCUT2D eigenvalue weighted by atomic mass is 9.82. The van der Waals surface area contributed by atoms with Crippen molar-refractivity contribution in [3.8, 4) is 5.75 Å². The average molecular weight is 465 g/mol. The zero-order chi connectivity index (χ0) is 24.7. The second-order valence-corrected chi connectivity index (χ2v) is 9.58. The van der Waals surface area contributed by atoms with Gasteiger partial charge in [0.1, 0.15) is 5.75 Å². The summed E-state index contributed by atoms with van der Waals surface area (Å²) in [6.45, 7) is 8.11. The molecule has 0 heterocycles. The van der Waals surface area contributed by atoms with Crippen molar-refractivity contribution < 1.29 is 14.3 Å². The highest BCUT2D eigenvalue weighted by atomic mass is 16.5. The van der Waals surface area contributed by atoms with Crippen LogP contribution in [-0.2, 0) is 6.42 Å². The number of carbonyl (C=O) groups excluding carboxylic acids is 2. The molecule has 0 bridgehead atoms. The fourth-order valence-corrected chi connectivity index (χ4v) is 5.30. The van der Waals surface area contributed by atoms with Gasteiger partial charge in [-0.15, -0.1) is 0 Å². The molecule has 1 aliphatic carbocycles. The minimum Gasteiger partial charge on any atom is -0.496 e. The molecule has 1 saturated carbocycles. The van der Waals surface area contributed by atoms with Crippen LogP contribution in [0, 0.1) is 19.8 Å². The highest BCUT2D eigenvalue weighted by Gasteiger charge is 2.32. The fourth-order valence-electron chi connectivity index (χ4n) is 5.30. The van der Waals surface area contributed by atoms with Crippen LogP contribution < -0.4 is 10.2 Å². The predicted molar refractivity (Wildman–Crippen MR) is 137 cm³/mol. The summed E-state index contributed by atoms with van der Waals surface area (Å²) >= 11 is 0. The third-order valence-corrected chi connectivity index (χ3v) is 6.93. The molecule has 0 radical (unpaired) electrons. The van der Waals surface area contributed by atoms with E-state index in [0.29, 0.717) is 29.2 Å². The number of ether oxygens (including phenoxy) is 1. The van der Waals surface area contributed by atoms with Crippen molar-refractivity contribution in [1.82, 2.24) is 10.4 Å². The van der Waals surface area contributed by atoms with Gasteiger partial charge in [0.15, 0.2) is 0 Å². The second kappa shape index (κ2) is 12.2. The highest BCUT2D eigenvalue weighted by Crippen LogP contribution is 2.30. The lowest BCUT2D eigenvalue weighted by Crippen LogP contribution is -2.54. The zero-order valence-corrected chi connectivity index (χ0v) is 21.4. The smallest absolute Gasteiger partial charge is 0.275 e. The predicted octanol–water partition coefficient (Wildman–Crippen LogP) is 6.41. The Bertz CT molecular complexity index is 975. The Labute approximate surface area is 204 Å². The average Bonchev–Trinajstić information content (AvgIpc) is 2.85. The van der Waals surface area contributed by atoms with Crippen molar-refractivity contribution in [3.05, 3.63) is 64.2 Å². The first kappa shape index (κ1) is 26.0. The Morgan fingerprint density at radius 3 is 2.29 bits per heavy atom. The third-order valence-electron chi connectivity index (χ3n) is 6.93. The number of nitrogens with zero attached hydrogens (tertiary/aromatic N) is 1. The van der Waals surface area contributed by atoms with Crippen LogP contribution in [0.25, 0.3) is 0 Å². The lowest BCUT2D eigenvalue weighted by molar-refractivity contribution is 0.0443. The van der Waals surface area contributed by atoms with Crippen molar-refractivity contribution in [1.29, 1.82) is 0 Å². The number of hydrazine groups is 1. The molecular weight excluding hydrogens is 424 g/mol. The van der Waals surface area contributed by atoms with Gasteiger partial charge in [-0.3, -0.25) is 9.59 Å². The summed E-state index contributed by atoms with van der Waals surface area (Å²) in [6.07, 6.45) is 8.51. The molecular formula is C29H40N2O3. The molecule has 1 N–H and O–H groups in total. The van der Waals surface area contributed by atoms with Crippen LogP contribution in [0.4, 0.5) is 0 Å². The molecule has 3 rings (SSSR count).